The minimum atomic E-state index is -0.634. The van der Waals surface area contributed by atoms with Crippen LogP contribution in [0.2, 0.25) is 0 Å². The lowest BCUT2D eigenvalue weighted by molar-refractivity contribution is -0.389. The van der Waals surface area contributed by atoms with Gasteiger partial charge in [0.25, 0.3) is 5.91 Å². The summed E-state index contributed by atoms with van der Waals surface area (Å²) in [4.78, 5) is 26.2. The van der Waals surface area contributed by atoms with E-state index in [1.165, 1.54) is 0 Å². The number of carbonyl (C=O) groups excluding carboxylic acids is 1. The largest absolute Gasteiger partial charge is 0.358 e. The van der Waals surface area contributed by atoms with Crippen LogP contribution in [0.5, 0.6) is 0 Å². The minimum Gasteiger partial charge on any atom is -0.358 e. The van der Waals surface area contributed by atoms with Crippen molar-refractivity contribution in [2.45, 2.75) is 6.42 Å². The third kappa shape index (κ3) is 2.93. The molecule has 3 rings (SSSR count). The minimum absolute atomic E-state index is 0.00370. The van der Waals surface area contributed by atoms with Gasteiger partial charge < -0.3 is 15.4 Å². The zero-order valence-corrected chi connectivity index (χ0v) is 12.1. The zero-order valence-electron chi connectivity index (χ0n) is 11.3. The SMILES string of the molecule is O=C(NCCc1nc2ccccc2s1)c1cc([N+](=O)[O-])[nH]n1. The molecule has 2 N–H and O–H groups in total. The first-order valence-corrected chi connectivity index (χ1v) is 7.27. The molecule has 8 nitrogen and oxygen atoms in total. The number of aromatic amines is 1. The van der Waals surface area contributed by atoms with Gasteiger partial charge in [0, 0.05) is 13.0 Å². The van der Waals surface area contributed by atoms with Crippen LogP contribution in [0.3, 0.4) is 0 Å². The van der Waals surface area contributed by atoms with E-state index < -0.39 is 10.8 Å². The van der Waals surface area contributed by atoms with E-state index in [9.17, 15) is 14.9 Å². The summed E-state index contributed by atoms with van der Waals surface area (Å²) in [7, 11) is 0. The molecule has 9 heteroatoms. The van der Waals surface area contributed by atoms with Crippen LogP contribution in [-0.4, -0.2) is 32.6 Å². The number of aromatic nitrogens is 3. The Morgan fingerprint density at radius 3 is 2.95 bits per heavy atom. The zero-order chi connectivity index (χ0) is 15.5. The van der Waals surface area contributed by atoms with E-state index in [1.54, 1.807) is 11.3 Å². The second-order valence-corrected chi connectivity index (χ2v) is 5.59. The second kappa shape index (κ2) is 5.90. The molecule has 0 spiro atoms. The highest BCUT2D eigenvalue weighted by molar-refractivity contribution is 7.18. The van der Waals surface area contributed by atoms with Crippen LogP contribution in [0.4, 0.5) is 5.82 Å². The molecule has 0 aliphatic carbocycles. The molecule has 0 aliphatic heterocycles. The predicted octanol–water partition coefficient (Wildman–Crippen LogP) is 1.90. The van der Waals surface area contributed by atoms with Gasteiger partial charge in [-0.3, -0.25) is 4.79 Å². The fraction of sp³-hybridized carbons (Fsp3) is 0.154. The monoisotopic (exact) mass is 317 g/mol. The lowest BCUT2D eigenvalue weighted by atomic mass is 10.3. The number of rotatable bonds is 5. The normalized spacial score (nSPS) is 10.7. The molecular weight excluding hydrogens is 306 g/mol. The molecule has 0 unspecified atom stereocenters. The number of nitro groups is 1. The third-order valence-electron chi connectivity index (χ3n) is 2.96. The number of hydrogen-bond acceptors (Lipinski definition) is 6. The van der Waals surface area contributed by atoms with Crippen LogP contribution in [-0.2, 0) is 6.42 Å². The van der Waals surface area contributed by atoms with Crippen molar-refractivity contribution >= 4 is 33.3 Å². The van der Waals surface area contributed by atoms with E-state index in [2.05, 4.69) is 20.5 Å². The highest BCUT2D eigenvalue weighted by Gasteiger charge is 2.16. The molecule has 2 heterocycles. The van der Waals surface area contributed by atoms with Crippen molar-refractivity contribution in [3.8, 4) is 0 Å². The van der Waals surface area contributed by atoms with E-state index in [0.717, 1.165) is 21.3 Å². The summed E-state index contributed by atoms with van der Waals surface area (Å²) in [6.07, 6.45) is 0.595. The second-order valence-electron chi connectivity index (χ2n) is 4.48. The van der Waals surface area contributed by atoms with E-state index in [1.807, 2.05) is 24.3 Å². The Balaban J connectivity index is 1.57. The molecule has 0 saturated carbocycles. The molecule has 3 aromatic rings. The summed E-state index contributed by atoms with van der Waals surface area (Å²) in [5.74, 6) is -0.762. The lowest BCUT2D eigenvalue weighted by Gasteiger charge is -1.99. The number of para-hydroxylation sites is 1. The topological polar surface area (TPSA) is 114 Å². The molecule has 1 aromatic carbocycles. The van der Waals surface area contributed by atoms with Gasteiger partial charge in [-0.1, -0.05) is 17.2 Å². The number of thiazole rings is 1. The van der Waals surface area contributed by atoms with Crippen molar-refractivity contribution in [3.05, 3.63) is 51.1 Å². The molecule has 0 aliphatic rings. The van der Waals surface area contributed by atoms with E-state index in [0.29, 0.717) is 13.0 Å². The molecule has 112 valence electrons. The Hall–Kier alpha value is -2.81. The number of benzene rings is 1. The van der Waals surface area contributed by atoms with E-state index >= 15 is 0 Å². The maximum Gasteiger partial charge on any atom is 0.343 e. The van der Waals surface area contributed by atoms with Crippen LogP contribution in [0, 0.1) is 10.1 Å². The average Bonchev–Trinajstić information content (AvgIpc) is 3.13. The first-order chi connectivity index (χ1) is 10.6. The number of hydrogen-bond donors (Lipinski definition) is 2. The number of amides is 1. The van der Waals surface area contributed by atoms with E-state index in [4.69, 9.17) is 0 Å². The van der Waals surface area contributed by atoms with Gasteiger partial charge in [0.05, 0.1) is 21.3 Å². The average molecular weight is 317 g/mol. The first kappa shape index (κ1) is 14.1. The molecule has 0 saturated heterocycles. The number of nitrogens with one attached hydrogen (secondary N) is 2. The summed E-state index contributed by atoms with van der Waals surface area (Å²) in [6.45, 7) is 0.388. The van der Waals surface area contributed by atoms with Gasteiger partial charge in [-0.15, -0.1) is 16.4 Å². The van der Waals surface area contributed by atoms with Crippen LogP contribution in [0.25, 0.3) is 10.2 Å². The maximum atomic E-state index is 11.8. The molecule has 0 radical (unpaired) electrons. The maximum absolute atomic E-state index is 11.8. The Bertz CT molecular complexity index is 808. The summed E-state index contributed by atoms with van der Waals surface area (Å²) in [5.41, 5.74) is 0.938. The summed E-state index contributed by atoms with van der Waals surface area (Å²) < 4.78 is 1.10. The van der Waals surface area contributed by atoms with Crippen LogP contribution >= 0.6 is 11.3 Å². The molecule has 0 bridgehead atoms. The van der Waals surface area contributed by atoms with Crippen molar-refractivity contribution in [3.63, 3.8) is 0 Å². The number of carbonyl (C=O) groups is 1. The van der Waals surface area contributed by atoms with Gasteiger partial charge in [-0.05, 0) is 17.1 Å². The Morgan fingerprint density at radius 1 is 1.41 bits per heavy atom. The highest BCUT2D eigenvalue weighted by Crippen LogP contribution is 2.21. The Labute approximate surface area is 128 Å². The van der Waals surface area contributed by atoms with Crippen molar-refractivity contribution in [1.29, 1.82) is 0 Å². The smallest absolute Gasteiger partial charge is 0.343 e. The quantitative estimate of drug-likeness (QED) is 0.551. The van der Waals surface area contributed by atoms with Gasteiger partial charge in [0.1, 0.15) is 0 Å². The third-order valence-corrected chi connectivity index (χ3v) is 4.05. The fourth-order valence-electron chi connectivity index (χ4n) is 1.92. The predicted molar refractivity (Wildman–Crippen MR) is 80.9 cm³/mol. The summed E-state index contributed by atoms with van der Waals surface area (Å²) in [6, 6.07) is 8.93. The van der Waals surface area contributed by atoms with Crippen LogP contribution in [0.15, 0.2) is 30.3 Å². The Kier molecular flexibility index (Phi) is 3.79. The molecule has 2 aromatic heterocycles. The van der Waals surface area contributed by atoms with E-state index in [-0.39, 0.29) is 11.5 Å². The van der Waals surface area contributed by atoms with Gasteiger partial charge in [-0.2, -0.15) is 0 Å². The van der Waals surface area contributed by atoms with Crippen molar-refractivity contribution < 1.29 is 9.72 Å². The van der Waals surface area contributed by atoms with Crippen molar-refractivity contribution in [2.75, 3.05) is 6.54 Å². The standard InChI is InChI=1S/C13H11N5O3S/c19-13(9-7-11(17-16-9)18(20)21)14-6-5-12-15-8-3-1-2-4-10(8)22-12/h1-4,7H,5-6H2,(H,14,19)(H,16,17). The fourth-order valence-corrected chi connectivity index (χ4v) is 2.89. The van der Waals surface area contributed by atoms with Gasteiger partial charge >= 0.3 is 5.82 Å². The van der Waals surface area contributed by atoms with Crippen molar-refractivity contribution in [2.24, 2.45) is 0 Å². The summed E-state index contributed by atoms with van der Waals surface area (Å²) in [5, 5.41) is 19.9. The highest BCUT2D eigenvalue weighted by atomic mass is 32.1. The molecule has 1 amide bonds. The number of H-pyrrole nitrogens is 1. The number of nitrogens with zero attached hydrogens (tertiary/aromatic N) is 3. The Morgan fingerprint density at radius 2 is 2.23 bits per heavy atom. The number of fused-ring (bicyclic) bond motifs is 1. The molecule has 0 atom stereocenters. The molecule has 0 fully saturated rings. The molecule has 22 heavy (non-hydrogen) atoms. The first-order valence-electron chi connectivity index (χ1n) is 6.46. The lowest BCUT2D eigenvalue weighted by Crippen LogP contribution is -2.25. The summed E-state index contributed by atoms with van der Waals surface area (Å²) >= 11 is 1.58. The van der Waals surface area contributed by atoms with Gasteiger partial charge in [-0.25, -0.2) is 4.98 Å². The molecular formula is C13H11N5O3S. The van der Waals surface area contributed by atoms with Gasteiger partial charge in [0.15, 0.2) is 5.69 Å². The van der Waals surface area contributed by atoms with Crippen molar-refractivity contribution in [1.82, 2.24) is 20.5 Å². The van der Waals surface area contributed by atoms with Gasteiger partial charge in [0.2, 0.25) is 0 Å². The van der Waals surface area contributed by atoms with Crippen LogP contribution < -0.4 is 5.32 Å². The van der Waals surface area contributed by atoms with Crippen LogP contribution in [0.1, 0.15) is 15.5 Å².